The maximum Gasteiger partial charge on any atom is 0.333 e. The van der Waals surface area contributed by atoms with Crippen LogP contribution in [0.15, 0.2) is 12.2 Å². The van der Waals surface area contributed by atoms with Gasteiger partial charge in [-0.2, -0.15) is 0 Å². The normalized spacial score (nSPS) is 12.4. The van der Waals surface area contributed by atoms with Crippen molar-refractivity contribution in [1.29, 1.82) is 0 Å². The molecule has 0 N–H and O–H groups in total. The topological polar surface area (TPSA) is 29.5 Å². The number of esters is 1. The first-order chi connectivity index (χ1) is 11.0. The van der Waals surface area contributed by atoms with E-state index in [1.807, 2.05) is 0 Å². The minimum absolute atomic E-state index is 0.000749. The van der Waals surface area contributed by atoms with E-state index < -0.39 is 0 Å². The van der Waals surface area contributed by atoms with Gasteiger partial charge >= 0.3 is 5.97 Å². The molecule has 0 bridgehead atoms. The van der Waals surface area contributed by atoms with Gasteiger partial charge in [-0.1, -0.05) is 72.3 Å². The Morgan fingerprint density at radius 3 is 1.96 bits per heavy atom. The molecule has 0 aromatic rings. The van der Waals surface area contributed by atoms with Gasteiger partial charge in [-0.05, 0) is 32.9 Å². The predicted molar refractivity (Wildman–Crippen MR) is 99.7 cm³/mol. The molecule has 0 radical (unpaired) electrons. The predicted octanol–water partition coefficient (Wildman–Crippen LogP) is 5.35. The molecule has 0 saturated carbocycles. The van der Waals surface area contributed by atoms with E-state index in [1.54, 1.807) is 6.92 Å². The standard InChI is InChI=1S/C20H39NO2/c1-6-9-10-11-12-13-14-15-16-19(17-21(7-2)8-3)23-20(22)18(4)5/h19H,4,6-17H2,1-3,5H3. The summed E-state index contributed by atoms with van der Waals surface area (Å²) in [6, 6.07) is 0. The molecule has 3 nitrogen and oxygen atoms in total. The average Bonchev–Trinajstić information content (AvgIpc) is 2.54. The molecular formula is C20H39NO2. The summed E-state index contributed by atoms with van der Waals surface area (Å²) in [5.74, 6) is -0.248. The largest absolute Gasteiger partial charge is 0.458 e. The third kappa shape index (κ3) is 12.3. The van der Waals surface area contributed by atoms with Gasteiger partial charge in [0.2, 0.25) is 0 Å². The lowest BCUT2D eigenvalue weighted by molar-refractivity contribution is -0.145. The van der Waals surface area contributed by atoms with Crippen LogP contribution in [0.1, 0.15) is 85.5 Å². The number of ether oxygens (including phenoxy) is 1. The van der Waals surface area contributed by atoms with Crippen LogP contribution in [0.25, 0.3) is 0 Å². The van der Waals surface area contributed by atoms with Crippen LogP contribution in [-0.4, -0.2) is 36.6 Å². The maximum atomic E-state index is 11.8. The number of hydrogen-bond acceptors (Lipinski definition) is 3. The fourth-order valence-electron chi connectivity index (χ4n) is 2.72. The van der Waals surface area contributed by atoms with Crippen molar-refractivity contribution in [2.24, 2.45) is 0 Å². The Morgan fingerprint density at radius 2 is 1.48 bits per heavy atom. The minimum Gasteiger partial charge on any atom is -0.458 e. The molecule has 1 atom stereocenters. The smallest absolute Gasteiger partial charge is 0.333 e. The highest BCUT2D eigenvalue weighted by Crippen LogP contribution is 2.14. The highest BCUT2D eigenvalue weighted by Gasteiger charge is 2.17. The number of nitrogens with zero attached hydrogens (tertiary/aromatic N) is 1. The fraction of sp³-hybridized carbons (Fsp3) is 0.850. The van der Waals surface area contributed by atoms with E-state index in [1.165, 1.54) is 44.9 Å². The van der Waals surface area contributed by atoms with E-state index in [-0.39, 0.29) is 12.1 Å². The number of carbonyl (C=O) groups is 1. The van der Waals surface area contributed by atoms with Crippen LogP contribution in [0.4, 0.5) is 0 Å². The molecule has 0 aromatic heterocycles. The number of carbonyl (C=O) groups excluding carboxylic acids is 1. The molecule has 0 aliphatic rings. The Balaban J connectivity index is 4.05. The summed E-state index contributed by atoms with van der Waals surface area (Å²) in [7, 11) is 0. The van der Waals surface area contributed by atoms with Crippen molar-refractivity contribution < 1.29 is 9.53 Å². The molecule has 0 heterocycles. The zero-order chi connectivity index (χ0) is 17.5. The van der Waals surface area contributed by atoms with Crippen LogP contribution in [-0.2, 0) is 9.53 Å². The molecule has 0 amide bonds. The monoisotopic (exact) mass is 325 g/mol. The molecular weight excluding hydrogens is 286 g/mol. The van der Waals surface area contributed by atoms with Crippen molar-refractivity contribution in [2.75, 3.05) is 19.6 Å². The van der Waals surface area contributed by atoms with Crippen LogP contribution in [0.2, 0.25) is 0 Å². The Kier molecular flexibility index (Phi) is 14.2. The van der Waals surface area contributed by atoms with E-state index in [2.05, 4.69) is 32.3 Å². The van der Waals surface area contributed by atoms with Crippen molar-refractivity contribution in [1.82, 2.24) is 4.90 Å². The molecule has 0 aliphatic carbocycles. The molecule has 1 unspecified atom stereocenters. The molecule has 3 heteroatoms. The van der Waals surface area contributed by atoms with Crippen molar-refractivity contribution in [2.45, 2.75) is 91.6 Å². The van der Waals surface area contributed by atoms with Crippen LogP contribution < -0.4 is 0 Å². The van der Waals surface area contributed by atoms with Gasteiger partial charge in [0, 0.05) is 12.1 Å². The maximum absolute atomic E-state index is 11.8. The Bertz CT molecular complexity index is 311. The highest BCUT2D eigenvalue weighted by atomic mass is 16.5. The summed E-state index contributed by atoms with van der Waals surface area (Å²) in [5.41, 5.74) is 0.491. The Labute approximate surface area is 144 Å². The lowest BCUT2D eigenvalue weighted by atomic mass is 10.1. The van der Waals surface area contributed by atoms with Gasteiger partial charge in [0.05, 0.1) is 0 Å². The van der Waals surface area contributed by atoms with E-state index in [9.17, 15) is 4.79 Å². The SMILES string of the molecule is C=C(C)C(=O)OC(CCCCCCCCCC)CN(CC)CC. The minimum atomic E-state index is -0.248. The second kappa shape index (κ2) is 14.7. The summed E-state index contributed by atoms with van der Waals surface area (Å²) in [6.45, 7) is 14.8. The molecule has 23 heavy (non-hydrogen) atoms. The van der Waals surface area contributed by atoms with Gasteiger partial charge < -0.3 is 9.64 Å². The van der Waals surface area contributed by atoms with Gasteiger partial charge in [0.25, 0.3) is 0 Å². The first-order valence-electron chi connectivity index (χ1n) is 9.63. The van der Waals surface area contributed by atoms with E-state index in [0.29, 0.717) is 5.57 Å². The van der Waals surface area contributed by atoms with Crippen molar-refractivity contribution in [3.63, 3.8) is 0 Å². The molecule has 0 aliphatic heterocycles. The molecule has 0 saturated heterocycles. The van der Waals surface area contributed by atoms with E-state index >= 15 is 0 Å². The zero-order valence-corrected chi connectivity index (χ0v) is 16.0. The van der Waals surface area contributed by atoms with Crippen LogP contribution >= 0.6 is 0 Å². The van der Waals surface area contributed by atoms with Gasteiger partial charge in [-0.15, -0.1) is 0 Å². The summed E-state index contributed by atoms with van der Waals surface area (Å²) >= 11 is 0. The zero-order valence-electron chi connectivity index (χ0n) is 16.0. The van der Waals surface area contributed by atoms with Crippen molar-refractivity contribution in [3.8, 4) is 0 Å². The summed E-state index contributed by atoms with van der Waals surface area (Å²) < 4.78 is 5.63. The van der Waals surface area contributed by atoms with Crippen molar-refractivity contribution in [3.05, 3.63) is 12.2 Å². The van der Waals surface area contributed by atoms with Gasteiger partial charge in [0.1, 0.15) is 6.10 Å². The number of hydrogen-bond donors (Lipinski definition) is 0. The summed E-state index contributed by atoms with van der Waals surface area (Å²) in [4.78, 5) is 14.1. The molecule has 0 spiro atoms. The van der Waals surface area contributed by atoms with Crippen LogP contribution in [0.5, 0.6) is 0 Å². The average molecular weight is 326 g/mol. The summed E-state index contributed by atoms with van der Waals surface area (Å²) in [6.07, 6.45) is 11.4. The first kappa shape index (κ1) is 22.2. The first-order valence-corrected chi connectivity index (χ1v) is 9.63. The highest BCUT2D eigenvalue weighted by molar-refractivity contribution is 5.87. The van der Waals surface area contributed by atoms with E-state index in [4.69, 9.17) is 4.74 Å². The number of likely N-dealkylation sites (N-methyl/N-ethyl adjacent to an activating group) is 1. The third-order valence-electron chi connectivity index (χ3n) is 4.36. The Morgan fingerprint density at radius 1 is 0.957 bits per heavy atom. The lowest BCUT2D eigenvalue weighted by Gasteiger charge is -2.25. The van der Waals surface area contributed by atoms with Gasteiger partial charge in [-0.3, -0.25) is 0 Å². The Hall–Kier alpha value is -0.830. The summed E-state index contributed by atoms with van der Waals surface area (Å²) in [5, 5.41) is 0. The van der Waals surface area contributed by atoms with Gasteiger partial charge in [0.15, 0.2) is 0 Å². The van der Waals surface area contributed by atoms with Crippen LogP contribution in [0.3, 0.4) is 0 Å². The number of rotatable bonds is 15. The molecule has 0 fully saturated rings. The fourth-order valence-corrected chi connectivity index (χ4v) is 2.72. The quantitative estimate of drug-likeness (QED) is 0.231. The molecule has 136 valence electrons. The lowest BCUT2D eigenvalue weighted by Crippen LogP contribution is -2.35. The second-order valence-corrected chi connectivity index (χ2v) is 6.56. The third-order valence-corrected chi connectivity index (χ3v) is 4.36. The second-order valence-electron chi connectivity index (χ2n) is 6.56. The molecule has 0 aromatic carbocycles. The van der Waals surface area contributed by atoms with Crippen molar-refractivity contribution >= 4 is 5.97 Å². The van der Waals surface area contributed by atoms with Gasteiger partial charge in [-0.25, -0.2) is 4.79 Å². The molecule has 0 rings (SSSR count). The van der Waals surface area contributed by atoms with Crippen LogP contribution in [0, 0.1) is 0 Å². The number of unbranched alkanes of at least 4 members (excludes halogenated alkanes) is 7. The van der Waals surface area contributed by atoms with E-state index in [0.717, 1.165) is 32.5 Å².